The van der Waals surface area contributed by atoms with Gasteiger partial charge < -0.3 is 18.9 Å². The summed E-state index contributed by atoms with van der Waals surface area (Å²) in [6, 6.07) is 9.27. The van der Waals surface area contributed by atoms with E-state index < -0.39 is 0 Å². The first-order valence-electron chi connectivity index (χ1n) is 9.38. The van der Waals surface area contributed by atoms with Gasteiger partial charge in [-0.05, 0) is 44.9 Å². The van der Waals surface area contributed by atoms with Crippen LogP contribution in [0.3, 0.4) is 0 Å². The fraction of sp³-hybridized carbons (Fsp3) is 0.409. The van der Waals surface area contributed by atoms with Gasteiger partial charge in [-0.15, -0.1) is 0 Å². The average molecular weight is 412 g/mol. The third-order valence-electron chi connectivity index (χ3n) is 4.40. The third kappa shape index (κ3) is 6.96. The van der Waals surface area contributed by atoms with E-state index in [1.165, 1.54) is 27.1 Å². The fourth-order valence-corrected chi connectivity index (χ4v) is 3.87. The molecule has 0 radical (unpaired) electrons. The van der Waals surface area contributed by atoms with Crippen LogP contribution in [-0.2, 0) is 0 Å². The van der Waals surface area contributed by atoms with Crippen LogP contribution in [-0.4, -0.2) is 52.3 Å². The number of methoxy groups -OCH3 is 3. The summed E-state index contributed by atoms with van der Waals surface area (Å²) in [7, 11) is 4.58. The number of carbonyl (C=O) groups is 1. The van der Waals surface area contributed by atoms with Crippen molar-refractivity contribution in [2.45, 2.75) is 33.1 Å². The van der Waals surface area contributed by atoms with E-state index in [0.29, 0.717) is 29.4 Å². The van der Waals surface area contributed by atoms with E-state index in [9.17, 15) is 4.79 Å². The number of benzene rings is 2. The van der Waals surface area contributed by atoms with Gasteiger partial charge in [-0.1, -0.05) is 25.8 Å². The first-order valence-corrected chi connectivity index (χ1v) is 10.4. The van der Waals surface area contributed by atoms with Gasteiger partial charge in [-0.3, -0.25) is 4.79 Å². The molecule has 2 rings (SSSR count). The fourth-order valence-electron chi connectivity index (χ4n) is 2.82. The van der Waals surface area contributed by atoms with E-state index in [1.807, 2.05) is 25.1 Å². The summed E-state index contributed by atoms with van der Waals surface area (Å²) in [6.07, 6.45) is 3.38. The second kappa shape index (κ2) is 12.8. The van der Waals surface area contributed by atoms with Crippen molar-refractivity contribution in [3.63, 3.8) is 0 Å². The van der Waals surface area contributed by atoms with E-state index in [1.54, 1.807) is 19.2 Å². The minimum atomic E-state index is -0.0458. The summed E-state index contributed by atoms with van der Waals surface area (Å²) in [5, 5.41) is 0.978. The molecule has 0 aliphatic carbocycles. The molecule has 1 unspecified atom stereocenters. The maximum atomic E-state index is 13.0. The van der Waals surface area contributed by atoms with Gasteiger partial charge in [0.1, 0.15) is 28.6 Å². The van der Waals surface area contributed by atoms with Gasteiger partial charge in [0.15, 0.2) is 5.52 Å². The van der Waals surface area contributed by atoms with Crippen molar-refractivity contribution < 1.29 is 23.7 Å². The van der Waals surface area contributed by atoms with E-state index >= 15 is 0 Å². The first-order chi connectivity index (χ1) is 13.5. The molecule has 0 fully saturated rings. The Morgan fingerprint density at radius 3 is 2.10 bits per heavy atom. The molecule has 154 valence electrons. The molecule has 29 heavy (non-hydrogen) atoms. The zero-order chi connectivity index (χ0) is 20.5. The molecule has 0 N–H and O–H groups in total. The SMILES string of the molecule is CCCCCOc1ccc(PC(=O)c2c(OC)cc(OC)cc2OC)c(C)c1.[LiH]. The number of ether oxygens (including phenoxy) is 4. The number of hydrogen-bond acceptors (Lipinski definition) is 5. The van der Waals surface area contributed by atoms with Crippen LogP contribution < -0.4 is 24.3 Å². The summed E-state index contributed by atoms with van der Waals surface area (Å²) in [5.74, 6) is 2.31. The van der Waals surface area contributed by atoms with Crippen LogP contribution in [0.5, 0.6) is 23.0 Å². The van der Waals surface area contributed by atoms with Crippen molar-refractivity contribution >= 4 is 38.3 Å². The molecule has 0 bridgehead atoms. The molecule has 0 saturated heterocycles. The number of aryl methyl sites for hydroxylation is 1. The van der Waals surface area contributed by atoms with Crippen molar-refractivity contribution in [3.8, 4) is 23.0 Å². The predicted octanol–water partition coefficient (Wildman–Crippen LogP) is 4.09. The summed E-state index contributed by atoms with van der Waals surface area (Å²) >= 11 is 0. The van der Waals surface area contributed by atoms with Crippen LogP contribution in [0.2, 0.25) is 0 Å². The molecule has 0 spiro atoms. The van der Waals surface area contributed by atoms with E-state index in [2.05, 4.69) is 6.92 Å². The van der Waals surface area contributed by atoms with Crippen LogP contribution in [0.25, 0.3) is 0 Å². The standard InChI is InChI=1S/C22H29O5P.Li.H/c1-6-7-8-11-27-16-9-10-20(15(2)12-16)28-22(23)21-18(25-4)13-17(24-3)14-19(21)26-5;;/h9-10,12-14,28H,6-8,11H2,1-5H3;;. The van der Waals surface area contributed by atoms with Crippen LogP contribution >= 0.6 is 8.58 Å². The number of rotatable bonds is 11. The summed E-state index contributed by atoms with van der Waals surface area (Å²) in [6.45, 7) is 4.88. The number of unbranched alkanes of at least 4 members (excludes halogenated alkanes) is 2. The molecule has 2 aromatic carbocycles. The number of carbonyl (C=O) groups excluding carboxylic acids is 1. The van der Waals surface area contributed by atoms with Crippen molar-refractivity contribution in [3.05, 3.63) is 41.5 Å². The Hall–Kier alpha value is -1.66. The Bertz CT molecular complexity index is 785. The molecular formula is C22H30LiO5P. The van der Waals surface area contributed by atoms with Gasteiger partial charge in [0, 0.05) is 12.1 Å². The second-order valence-corrected chi connectivity index (χ2v) is 7.64. The summed E-state index contributed by atoms with van der Waals surface area (Å²) < 4.78 is 21.9. The van der Waals surface area contributed by atoms with Crippen molar-refractivity contribution in [2.24, 2.45) is 0 Å². The Labute approximate surface area is 187 Å². The maximum absolute atomic E-state index is 13.0. The molecule has 0 aliphatic rings. The topological polar surface area (TPSA) is 54.0 Å². The van der Waals surface area contributed by atoms with Crippen LogP contribution in [0.1, 0.15) is 42.1 Å². The van der Waals surface area contributed by atoms with E-state index in [4.69, 9.17) is 18.9 Å². The Morgan fingerprint density at radius 2 is 1.59 bits per heavy atom. The van der Waals surface area contributed by atoms with Gasteiger partial charge in [-0.2, -0.15) is 0 Å². The Kier molecular flexibility index (Phi) is 11.2. The number of hydrogen-bond donors (Lipinski definition) is 0. The zero-order valence-corrected chi connectivity index (χ0v) is 18.3. The van der Waals surface area contributed by atoms with Crippen molar-refractivity contribution in [1.29, 1.82) is 0 Å². The van der Waals surface area contributed by atoms with Gasteiger partial charge in [0.05, 0.1) is 27.9 Å². The van der Waals surface area contributed by atoms with E-state index in [-0.39, 0.29) is 33.0 Å². The molecule has 5 nitrogen and oxygen atoms in total. The van der Waals surface area contributed by atoms with Crippen LogP contribution in [0.4, 0.5) is 0 Å². The van der Waals surface area contributed by atoms with Gasteiger partial charge in [-0.25, -0.2) is 0 Å². The van der Waals surface area contributed by atoms with Crippen molar-refractivity contribution in [2.75, 3.05) is 27.9 Å². The third-order valence-corrected chi connectivity index (χ3v) is 5.71. The molecule has 2 aromatic rings. The molecule has 0 saturated carbocycles. The predicted molar refractivity (Wildman–Crippen MR) is 122 cm³/mol. The zero-order valence-electron chi connectivity index (χ0n) is 17.3. The monoisotopic (exact) mass is 412 g/mol. The van der Waals surface area contributed by atoms with Crippen LogP contribution in [0.15, 0.2) is 30.3 Å². The minimum absolute atomic E-state index is 0. The Morgan fingerprint density at radius 1 is 0.931 bits per heavy atom. The van der Waals surface area contributed by atoms with E-state index in [0.717, 1.165) is 23.0 Å². The molecule has 0 aromatic heterocycles. The summed E-state index contributed by atoms with van der Waals surface area (Å²) in [4.78, 5) is 13.0. The van der Waals surface area contributed by atoms with Gasteiger partial charge in [0.25, 0.3) is 0 Å². The molecule has 0 heterocycles. The Balaban J connectivity index is 0.00000420. The quantitative estimate of drug-likeness (QED) is 0.316. The molecular weight excluding hydrogens is 382 g/mol. The molecule has 0 amide bonds. The first kappa shape index (κ1) is 25.4. The molecule has 1 atom stereocenters. The molecule has 0 aliphatic heterocycles. The molecule has 7 heteroatoms. The van der Waals surface area contributed by atoms with Gasteiger partial charge in [0.2, 0.25) is 0 Å². The summed E-state index contributed by atoms with van der Waals surface area (Å²) in [5.41, 5.74) is 1.42. The normalized spacial score (nSPS) is 10.5. The second-order valence-electron chi connectivity index (χ2n) is 6.39. The van der Waals surface area contributed by atoms with Gasteiger partial charge >= 0.3 is 18.9 Å². The average Bonchev–Trinajstić information content (AvgIpc) is 2.71. The van der Waals surface area contributed by atoms with Crippen LogP contribution in [0, 0.1) is 6.92 Å². The van der Waals surface area contributed by atoms with Crippen molar-refractivity contribution in [1.82, 2.24) is 0 Å².